The molecule has 0 spiro atoms. The van der Waals surface area contributed by atoms with Crippen LogP contribution in [0.15, 0.2) is 24.3 Å². The van der Waals surface area contributed by atoms with Gasteiger partial charge in [0, 0.05) is 19.3 Å². The van der Waals surface area contributed by atoms with Gasteiger partial charge in [-0.3, -0.25) is 14.4 Å². The number of carbonyl (C=O) groups is 3. The van der Waals surface area contributed by atoms with Crippen LogP contribution in [0.2, 0.25) is 0 Å². The first kappa shape index (κ1) is 73.9. The van der Waals surface area contributed by atoms with Crippen molar-refractivity contribution in [1.82, 2.24) is 0 Å². The lowest BCUT2D eigenvalue weighted by atomic mass is 10.0. The summed E-state index contributed by atoms with van der Waals surface area (Å²) in [5, 5.41) is 0. The largest absolute Gasteiger partial charge is 0.462 e. The Morgan fingerprint density at radius 3 is 0.724 bits per heavy atom. The monoisotopic (exact) mass is 1070 g/mol. The van der Waals surface area contributed by atoms with E-state index in [4.69, 9.17) is 14.2 Å². The molecule has 0 aromatic rings. The van der Waals surface area contributed by atoms with Crippen molar-refractivity contribution in [3.63, 3.8) is 0 Å². The fourth-order valence-corrected chi connectivity index (χ4v) is 10.5. The van der Waals surface area contributed by atoms with Crippen molar-refractivity contribution in [3.05, 3.63) is 24.3 Å². The first-order valence-corrected chi connectivity index (χ1v) is 34.3. The number of hydrogen-bond acceptors (Lipinski definition) is 6. The van der Waals surface area contributed by atoms with Crippen molar-refractivity contribution in [2.45, 2.75) is 393 Å². The Morgan fingerprint density at radius 2 is 0.474 bits per heavy atom. The highest BCUT2D eigenvalue weighted by atomic mass is 16.6. The molecule has 0 saturated heterocycles. The van der Waals surface area contributed by atoms with Crippen LogP contribution in [0, 0.1) is 0 Å². The average Bonchev–Trinajstić information content (AvgIpc) is 3.42. The van der Waals surface area contributed by atoms with Crippen molar-refractivity contribution in [3.8, 4) is 0 Å². The molecule has 76 heavy (non-hydrogen) atoms. The van der Waals surface area contributed by atoms with Gasteiger partial charge in [0.15, 0.2) is 6.10 Å². The quantitative estimate of drug-likeness (QED) is 0.0261. The van der Waals surface area contributed by atoms with Gasteiger partial charge in [-0.25, -0.2) is 0 Å². The second-order valence-electron chi connectivity index (χ2n) is 23.5. The van der Waals surface area contributed by atoms with E-state index in [1.165, 1.54) is 283 Å². The Kier molecular flexibility index (Phi) is 63.6. The third kappa shape index (κ3) is 62.7. The van der Waals surface area contributed by atoms with Gasteiger partial charge in [-0.1, -0.05) is 340 Å². The summed E-state index contributed by atoms with van der Waals surface area (Å²) < 4.78 is 17.0. The Balaban J connectivity index is 4.26. The smallest absolute Gasteiger partial charge is 0.306 e. The molecule has 6 nitrogen and oxygen atoms in total. The first-order chi connectivity index (χ1) is 37.5. The topological polar surface area (TPSA) is 78.9 Å². The van der Waals surface area contributed by atoms with E-state index in [0.29, 0.717) is 19.3 Å². The normalized spacial score (nSPS) is 12.1. The standard InChI is InChI=1S/C70H132O6/c1-4-7-10-13-16-19-22-25-28-30-32-34-35-37-38-40-42-45-48-51-54-57-60-63-69(72)75-66-67(65-74-68(71)62-59-56-53-50-47-44-27-24-21-18-15-12-9-6-3)76-70(73)64-61-58-55-52-49-46-43-41-39-36-33-31-29-26-23-20-17-14-11-8-5-2/h22,25,30,32,67H,4-21,23-24,26-29,31,33-66H2,1-3H3/b25-22-,32-30-. The molecule has 0 aromatic heterocycles. The van der Waals surface area contributed by atoms with Gasteiger partial charge in [0.1, 0.15) is 13.2 Å². The molecular weight excluding hydrogens is 937 g/mol. The van der Waals surface area contributed by atoms with E-state index in [-0.39, 0.29) is 31.1 Å². The molecule has 0 aromatic carbocycles. The van der Waals surface area contributed by atoms with Crippen molar-refractivity contribution in [2.24, 2.45) is 0 Å². The van der Waals surface area contributed by atoms with Crippen LogP contribution in [0.3, 0.4) is 0 Å². The number of hydrogen-bond donors (Lipinski definition) is 0. The number of rotatable bonds is 64. The summed E-state index contributed by atoms with van der Waals surface area (Å²) in [4.78, 5) is 38.4. The van der Waals surface area contributed by atoms with Gasteiger partial charge >= 0.3 is 17.9 Å². The van der Waals surface area contributed by atoms with E-state index in [2.05, 4.69) is 45.1 Å². The van der Waals surface area contributed by atoms with Crippen molar-refractivity contribution >= 4 is 17.9 Å². The zero-order chi connectivity index (χ0) is 55.0. The van der Waals surface area contributed by atoms with Crippen LogP contribution in [0.4, 0.5) is 0 Å². The Labute approximate surface area is 474 Å². The summed E-state index contributed by atoms with van der Waals surface area (Å²) in [6.07, 6.45) is 79.1. The van der Waals surface area contributed by atoms with Crippen molar-refractivity contribution < 1.29 is 28.6 Å². The highest BCUT2D eigenvalue weighted by Gasteiger charge is 2.19. The second kappa shape index (κ2) is 65.4. The summed E-state index contributed by atoms with van der Waals surface area (Å²) in [6.45, 7) is 6.71. The van der Waals surface area contributed by atoms with E-state index >= 15 is 0 Å². The van der Waals surface area contributed by atoms with Crippen LogP contribution in [-0.4, -0.2) is 37.2 Å². The molecule has 0 aliphatic rings. The third-order valence-electron chi connectivity index (χ3n) is 15.7. The van der Waals surface area contributed by atoms with Gasteiger partial charge in [-0.2, -0.15) is 0 Å². The SMILES string of the molecule is CCCCCCC/C=C\C/C=C\CCCCCCCCCCCCCC(=O)OCC(COC(=O)CCCCCCCCCCCCCCCC)OC(=O)CCCCCCCCCCCCCCCCCCCCCCC. The van der Waals surface area contributed by atoms with Crippen LogP contribution in [0.1, 0.15) is 387 Å². The molecule has 0 fully saturated rings. The zero-order valence-corrected chi connectivity index (χ0v) is 51.6. The highest BCUT2D eigenvalue weighted by molar-refractivity contribution is 5.71. The van der Waals surface area contributed by atoms with Gasteiger partial charge in [0.25, 0.3) is 0 Å². The molecule has 0 bridgehead atoms. The van der Waals surface area contributed by atoms with Crippen LogP contribution in [-0.2, 0) is 28.6 Å². The van der Waals surface area contributed by atoms with Crippen LogP contribution in [0.5, 0.6) is 0 Å². The van der Waals surface area contributed by atoms with Gasteiger partial charge in [-0.05, 0) is 51.4 Å². The molecule has 1 unspecified atom stereocenters. The van der Waals surface area contributed by atoms with Gasteiger partial charge < -0.3 is 14.2 Å². The van der Waals surface area contributed by atoms with Gasteiger partial charge in [-0.15, -0.1) is 0 Å². The average molecular weight is 1070 g/mol. The summed E-state index contributed by atoms with van der Waals surface area (Å²) in [7, 11) is 0. The summed E-state index contributed by atoms with van der Waals surface area (Å²) in [6, 6.07) is 0. The van der Waals surface area contributed by atoms with Crippen molar-refractivity contribution in [2.75, 3.05) is 13.2 Å². The lowest BCUT2D eigenvalue weighted by Crippen LogP contribution is -2.30. The van der Waals surface area contributed by atoms with E-state index in [1.54, 1.807) is 0 Å². The molecule has 1 atom stereocenters. The Bertz CT molecular complexity index is 1230. The number of allylic oxidation sites excluding steroid dienone is 4. The molecule has 0 rings (SSSR count). The lowest BCUT2D eigenvalue weighted by molar-refractivity contribution is -0.167. The number of esters is 3. The van der Waals surface area contributed by atoms with E-state index in [0.717, 1.165) is 64.2 Å². The molecular formula is C70H132O6. The molecule has 0 amide bonds. The molecule has 0 heterocycles. The minimum atomic E-state index is -0.768. The molecule has 6 heteroatoms. The minimum absolute atomic E-state index is 0.0649. The molecule has 0 radical (unpaired) electrons. The van der Waals surface area contributed by atoms with Gasteiger partial charge in [0.2, 0.25) is 0 Å². The maximum Gasteiger partial charge on any atom is 0.306 e. The van der Waals surface area contributed by atoms with E-state index < -0.39 is 6.10 Å². The second-order valence-corrected chi connectivity index (χ2v) is 23.5. The molecule has 0 aliphatic carbocycles. The van der Waals surface area contributed by atoms with E-state index in [9.17, 15) is 14.4 Å². The fourth-order valence-electron chi connectivity index (χ4n) is 10.5. The predicted octanol–water partition coefficient (Wildman–Crippen LogP) is 23.4. The molecule has 0 saturated carbocycles. The highest BCUT2D eigenvalue weighted by Crippen LogP contribution is 2.18. The summed E-state index contributed by atoms with van der Waals surface area (Å²) in [5.74, 6) is -0.835. The minimum Gasteiger partial charge on any atom is -0.462 e. The van der Waals surface area contributed by atoms with Crippen molar-refractivity contribution in [1.29, 1.82) is 0 Å². The zero-order valence-electron chi connectivity index (χ0n) is 51.6. The molecule has 448 valence electrons. The maximum absolute atomic E-state index is 12.9. The van der Waals surface area contributed by atoms with E-state index in [1.807, 2.05) is 0 Å². The van der Waals surface area contributed by atoms with Crippen LogP contribution >= 0.6 is 0 Å². The predicted molar refractivity (Wildman–Crippen MR) is 330 cm³/mol. The summed E-state index contributed by atoms with van der Waals surface area (Å²) in [5.41, 5.74) is 0. The number of carbonyl (C=O) groups excluding carboxylic acids is 3. The number of unbranched alkanes of at least 4 members (excludes halogenated alkanes) is 49. The molecule has 0 aliphatic heterocycles. The molecule has 0 N–H and O–H groups in total. The summed E-state index contributed by atoms with van der Waals surface area (Å²) >= 11 is 0. The fraction of sp³-hybridized carbons (Fsp3) is 0.900. The van der Waals surface area contributed by atoms with Gasteiger partial charge in [0.05, 0.1) is 0 Å². The first-order valence-electron chi connectivity index (χ1n) is 34.3. The maximum atomic E-state index is 12.9. The number of ether oxygens (including phenoxy) is 3. The van der Waals surface area contributed by atoms with Crippen LogP contribution in [0.25, 0.3) is 0 Å². The van der Waals surface area contributed by atoms with Crippen LogP contribution < -0.4 is 0 Å². The third-order valence-corrected chi connectivity index (χ3v) is 15.7. The Hall–Kier alpha value is -2.11. The Morgan fingerprint density at radius 1 is 0.263 bits per heavy atom. The lowest BCUT2D eigenvalue weighted by Gasteiger charge is -2.18.